The first-order chi connectivity index (χ1) is 14.9. The fourth-order valence-corrected chi connectivity index (χ4v) is 4.27. The Balaban J connectivity index is 1.89. The van der Waals surface area contributed by atoms with Gasteiger partial charge in [-0.2, -0.15) is 13.2 Å². The fourth-order valence-electron chi connectivity index (χ4n) is 3.79. The van der Waals surface area contributed by atoms with E-state index in [2.05, 4.69) is 15.9 Å². The van der Waals surface area contributed by atoms with Gasteiger partial charge in [0.1, 0.15) is 5.82 Å². The maximum absolute atomic E-state index is 13.3. The first-order valence-electron chi connectivity index (χ1n) is 9.50. The Morgan fingerprint density at radius 1 is 1.09 bits per heavy atom. The number of hydrogen-bond donors (Lipinski definition) is 1. The summed E-state index contributed by atoms with van der Waals surface area (Å²) in [6, 6.07) is 7.53. The van der Waals surface area contributed by atoms with Crippen LogP contribution >= 0.6 is 15.9 Å². The first kappa shape index (κ1) is 23.8. The van der Waals surface area contributed by atoms with Crippen molar-refractivity contribution in [3.8, 4) is 0 Å². The lowest BCUT2D eigenvalue weighted by Crippen LogP contribution is -2.47. The molecule has 3 rings (SSSR count). The average Bonchev–Trinajstić information content (AvgIpc) is 3.17. The molecule has 2 aromatic rings. The number of benzene rings is 2. The van der Waals surface area contributed by atoms with E-state index < -0.39 is 41.6 Å². The van der Waals surface area contributed by atoms with E-state index >= 15 is 0 Å². The van der Waals surface area contributed by atoms with E-state index in [0.717, 1.165) is 21.9 Å². The molecule has 2 aromatic carbocycles. The molecule has 11 heteroatoms. The number of likely N-dealkylation sites (N-methyl/N-ethyl adjacent to an activating group) is 1. The minimum absolute atomic E-state index is 0.0136. The normalized spacial score (nSPS) is 18.5. The Bertz CT molecular complexity index is 1020. The smallest absolute Gasteiger partial charge is 0.416 e. The number of hydrogen-bond acceptors (Lipinski definition) is 2. The van der Waals surface area contributed by atoms with E-state index in [1.54, 1.807) is 0 Å². The Morgan fingerprint density at radius 3 is 2.28 bits per heavy atom. The molecule has 0 radical (unpaired) electrons. The Kier molecular flexibility index (Phi) is 6.68. The van der Waals surface area contributed by atoms with Crippen molar-refractivity contribution in [3.63, 3.8) is 0 Å². The lowest BCUT2D eigenvalue weighted by Gasteiger charge is -2.32. The summed E-state index contributed by atoms with van der Waals surface area (Å²) in [7, 11) is 2.81. The number of likely N-dealkylation sites (tertiary alicyclic amines) is 1. The van der Waals surface area contributed by atoms with E-state index in [9.17, 15) is 32.3 Å². The van der Waals surface area contributed by atoms with Crippen LogP contribution in [0, 0.1) is 5.82 Å². The Hall–Kier alpha value is -2.82. The number of anilines is 1. The lowest BCUT2D eigenvalue weighted by molar-refractivity contribution is -0.137. The molecule has 0 aliphatic carbocycles. The third kappa shape index (κ3) is 4.98. The molecule has 172 valence electrons. The highest BCUT2D eigenvalue weighted by atomic mass is 79.9. The minimum atomic E-state index is -4.59. The molecule has 1 aliphatic heterocycles. The van der Waals surface area contributed by atoms with Crippen LogP contribution in [0.3, 0.4) is 0 Å². The third-order valence-corrected chi connectivity index (χ3v) is 6.00. The number of halogens is 5. The predicted molar refractivity (Wildman–Crippen MR) is 113 cm³/mol. The van der Waals surface area contributed by atoms with E-state index in [1.165, 1.54) is 49.3 Å². The molecule has 32 heavy (non-hydrogen) atoms. The Labute approximate surface area is 190 Å². The average molecular weight is 518 g/mol. The third-order valence-electron chi connectivity index (χ3n) is 5.54. The second-order valence-corrected chi connectivity index (χ2v) is 8.48. The van der Waals surface area contributed by atoms with E-state index in [1.807, 2.05) is 0 Å². The summed E-state index contributed by atoms with van der Waals surface area (Å²) in [6.07, 6.45) is -5.74. The van der Waals surface area contributed by atoms with Crippen molar-refractivity contribution in [1.82, 2.24) is 9.80 Å². The van der Waals surface area contributed by atoms with Gasteiger partial charge in [0.15, 0.2) is 0 Å². The molecule has 1 saturated heterocycles. The number of rotatable bonds is 3. The van der Waals surface area contributed by atoms with E-state index in [-0.39, 0.29) is 23.2 Å². The van der Waals surface area contributed by atoms with Gasteiger partial charge in [-0.1, -0.05) is 28.1 Å². The maximum Gasteiger partial charge on any atom is 0.416 e. The van der Waals surface area contributed by atoms with Crippen LogP contribution in [0.1, 0.15) is 17.0 Å². The zero-order valence-corrected chi connectivity index (χ0v) is 18.7. The molecule has 1 aliphatic rings. The molecule has 2 atom stereocenters. The molecule has 1 N–H and O–H groups in total. The monoisotopic (exact) mass is 517 g/mol. The zero-order valence-electron chi connectivity index (χ0n) is 17.1. The van der Waals surface area contributed by atoms with Crippen LogP contribution in [0.5, 0.6) is 0 Å². The van der Waals surface area contributed by atoms with Crippen molar-refractivity contribution in [2.24, 2.45) is 0 Å². The van der Waals surface area contributed by atoms with Crippen molar-refractivity contribution in [1.29, 1.82) is 0 Å². The highest BCUT2D eigenvalue weighted by molar-refractivity contribution is 9.10. The quantitative estimate of drug-likeness (QED) is 0.566. The zero-order chi connectivity index (χ0) is 23.8. The summed E-state index contributed by atoms with van der Waals surface area (Å²) in [5.74, 6) is -0.875. The fraction of sp³-hybridized carbons (Fsp3) is 0.333. The van der Waals surface area contributed by atoms with Gasteiger partial charge in [-0.25, -0.2) is 14.0 Å². The Morgan fingerprint density at radius 2 is 1.72 bits per heavy atom. The maximum atomic E-state index is 13.3. The number of carboxylic acid groups (broad SMARTS) is 1. The summed E-state index contributed by atoms with van der Waals surface area (Å²) in [5, 5.41) is 9.43. The summed E-state index contributed by atoms with van der Waals surface area (Å²) in [4.78, 5) is 28.2. The van der Waals surface area contributed by atoms with Crippen molar-refractivity contribution >= 4 is 33.7 Å². The molecule has 3 amide bonds. The van der Waals surface area contributed by atoms with Crippen LogP contribution in [-0.4, -0.2) is 60.3 Å². The molecule has 0 spiro atoms. The van der Waals surface area contributed by atoms with Gasteiger partial charge < -0.3 is 14.9 Å². The van der Waals surface area contributed by atoms with Gasteiger partial charge in [0, 0.05) is 43.3 Å². The van der Waals surface area contributed by atoms with Gasteiger partial charge in [-0.15, -0.1) is 0 Å². The largest absolute Gasteiger partial charge is 0.465 e. The van der Waals surface area contributed by atoms with Crippen molar-refractivity contribution in [2.45, 2.75) is 18.1 Å². The highest BCUT2D eigenvalue weighted by Gasteiger charge is 2.41. The summed E-state index contributed by atoms with van der Waals surface area (Å²) in [6.45, 7) is 0.113. The van der Waals surface area contributed by atoms with Crippen molar-refractivity contribution in [3.05, 3.63) is 63.9 Å². The number of carbonyl (C=O) groups is 2. The molecule has 0 unspecified atom stereocenters. The SMILES string of the molecule is CN(C(=O)N(C)[C@@H]1CN(C(=O)O)C[C@H]1c1ccc(F)cc1)c1cc(Br)cc(C(F)(F)F)c1. The number of alkyl halides is 3. The highest BCUT2D eigenvalue weighted by Crippen LogP contribution is 2.35. The van der Waals surface area contributed by atoms with Gasteiger partial charge in [0.2, 0.25) is 0 Å². The van der Waals surface area contributed by atoms with Crippen LogP contribution < -0.4 is 4.90 Å². The lowest BCUT2D eigenvalue weighted by atomic mass is 9.93. The molecule has 1 heterocycles. The number of nitrogens with zero attached hydrogens (tertiary/aromatic N) is 3. The van der Waals surface area contributed by atoms with Crippen LogP contribution in [0.4, 0.5) is 32.8 Å². The van der Waals surface area contributed by atoms with E-state index in [4.69, 9.17) is 0 Å². The summed E-state index contributed by atoms with van der Waals surface area (Å²) < 4.78 is 53.0. The predicted octanol–water partition coefficient (Wildman–Crippen LogP) is 5.24. The van der Waals surface area contributed by atoms with Crippen molar-refractivity contribution in [2.75, 3.05) is 32.1 Å². The van der Waals surface area contributed by atoms with Crippen molar-refractivity contribution < 1.29 is 32.3 Å². The van der Waals surface area contributed by atoms with Gasteiger partial charge in [-0.3, -0.25) is 4.90 Å². The van der Waals surface area contributed by atoms with Crippen LogP contribution in [0.15, 0.2) is 46.9 Å². The molecule has 1 fully saturated rings. The van der Waals surface area contributed by atoms with E-state index in [0.29, 0.717) is 5.56 Å². The molecule has 0 saturated carbocycles. The summed E-state index contributed by atoms with van der Waals surface area (Å²) >= 11 is 3.04. The van der Waals surface area contributed by atoms with Crippen LogP contribution in [-0.2, 0) is 6.18 Å². The summed E-state index contributed by atoms with van der Waals surface area (Å²) in [5.41, 5.74) is -0.231. The molecule has 0 bridgehead atoms. The van der Waals surface area contributed by atoms with Gasteiger partial charge in [-0.05, 0) is 35.9 Å². The minimum Gasteiger partial charge on any atom is -0.465 e. The van der Waals surface area contributed by atoms with Gasteiger partial charge >= 0.3 is 18.3 Å². The van der Waals surface area contributed by atoms with Gasteiger partial charge in [0.25, 0.3) is 0 Å². The molecular weight excluding hydrogens is 498 g/mol. The van der Waals surface area contributed by atoms with Crippen LogP contribution in [0.25, 0.3) is 0 Å². The molecule has 6 nitrogen and oxygen atoms in total. The molecule has 0 aromatic heterocycles. The van der Waals surface area contributed by atoms with Crippen LogP contribution in [0.2, 0.25) is 0 Å². The topological polar surface area (TPSA) is 64.1 Å². The number of amides is 3. The second-order valence-electron chi connectivity index (χ2n) is 7.56. The second kappa shape index (κ2) is 8.97. The number of urea groups is 1. The molecular formula is C21H20BrF4N3O3. The number of carbonyl (C=O) groups excluding carboxylic acids is 1. The first-order valence-corrected chi connectivity index (χ1v) is 10.3. The standard InChI is InChI=1S/C21H20BrF4N3O3/c1-27(16-8-13(21(24,25)26)7-14(22)9-16)19(30)28(2)18-11-29(20(31)32)10-17(18)12-3-5-15(23)6-4-12/h3-9,17-18H,10-11H2,1-2H3,(H,31,32)/t17-,18+/m0/s1. The van der Waals surface area contributed by atoms with Gasteiger partial charge in [0.05, 0.1) is 11.6 Å².